The van der Waals surface area contributed by atoms with Crippen LogP contribution in [0.4, 0.5) is 0 Å². The van der Waals surface area contributed by atoms with E-state index in [-0.39, 0.29) is 5.91 Å². The molecule has 1 aliphatic heterocycles. The maximum atomic E-state index is 11.9. The van der Waals surface area contributed by atoms with Crippen molar-refractivity contribution < 1.29 is 9.59 Å². The Hall–Kier alpha value is -1.06. The standard InChI is InChI=1S/C13H24N2O2/c1-9(2)6-14-12(16)13(17)15-7-10(3)5-11(4)8-15/h9-11H,5-8H2,1-4H3,(H,14,16). The number of hydrogen-bond donors (Lipinski definition) is 1. The minimum absolute atomic E-state index is 0.367. The van der Waals surface area contributed by atoms with Gasteiger partial charge in [-0.1, -0.05) is 27.7 Å². The molecule has 0 spiro atoms. The van der Waals surface area contributed by atoms with E-state index in [0.717, 1.165) is 6.42 Å². The summed E-state index contributed by atoms with van der Waals surface area (Å²) in [6, 6.07) is 0. The summed E-state index contributed by atoms with van der Waals surface area (Å²) >= 11 is 0. The van der Waals surface area contributed by atoms with Crippen molar-refractivity contribution in [1.82, 2.24) is 10.2 Å². The highest BCUT2D eigenvalue weighted by Crippen LogP contribution is 2.20. The van der Waals surface area contributed by atoms with Crippen LogP contribution in [0.1, 0.15) is 34.1 Å². The minimum atomic E-state index is -0.458. The van der Waals surface area contributed by atoms with Gasteiger partial charge in [-0.15, -0.1) is 0 Å². The van der Waals surface area contributed by atoms with Gasteiger partial charge in [-0.25, -0.2) is 0 Å². The summed E-state index contributed by atoms with van der Waals surface area (Å²) in [4.78, 5) is 25.3. The van der Waals surface area contributed by atoms with Crippen molar-refractivity contribution in [2.45, 2.75) is 34.1 Å². The molecule has 0 radical (unpaired) electrons. The van der Waals surface area contributed by atoms with Crippen molar-refractivity contribution in [1.29, 1.82) is 0 Å². The van der Waals surface area contributed by atoms with E-state index < -0.39 is 5.91 Å². The van der Waals surface area contributed by atoms with E-state index in [1.165, 1.54) is 0 Å². The zero-order valence-electron chi connectivity index (χ0n) is 11.3. The molecule has 2 atom stereocenters. The van der Waals surface area contributed by atoms with Gasteiger partial charge in [0, 0.05) is 19.6 Å². The quantitative estimate of drug-likeness (QED) is 0.739. The zero-order chi connectivity index (χ0) is 13.0. The lowest BCUT2D eigenvalue weighted by Crippen LogP contribution is -2.49. The van der Waals surface area contributed by atoms with Crippen LogP contribution in [0.15, 0.2) is 0 Å². The summed E-state index contributed by atoms with van der Waals surface area (Å²) < 4.78 is 0. The lowest BCUT2D eigenvalue weighted by molar-refractivity contribution is -0.147. The van der Waals surface area contributed by atoms with Gasteiger partial charge >= 0.3 is 11.8 Å². The van der Waals surface area contributed by atoms with Crippen molar-refractivity contribution >= 4 is 11.8 Å². The Labute approximate surface area is 104 Å². The number of nitrogens with zero attached hydrogens (tertiary/aromatic N) is 1. The SMILES string of the molecule is CC(C)CNC(=O)C(=O)N1CC(C)CC(C)C1. The van der Waals surface area contributed by atoms with E-state index in [0.29, 0.717) is 37.4 Å². The third-order valence-corrected chi connectivity index (χ3v) is 3.02. The molecule has 0 saturated carbocycles. The Morgan fingerprint density at radius 1 is 1.24 bits per heavy atom. The molecule has 4 nitrogen and oxygen atoms in total. The van der Waals surface area contributed by atoms with Gasteiger partial charge < -0.3 is 10.2 Å². The van der Waals surface area contributed by atoms with Crippen molar-refractivity contribution in [2.75, 3.05) is 19.6 Å². The molecule has 0 bridgehead atoms. The Morgan fingerprint density at radius 2 is 1.76 bits per heavy atom. The molecule has 1 heterocycles. The van der Waals surface area contributed by atoms with Gasteiger partial charge in [0.15, 0.2) is 0 Å². The summed E-state index contributed by atoms with van der Waals surface area (Å²) in [5.74, 6) is 0.510. The summed E-state index contributed by atoms with van der Waals surface area (Å²) in [6.07, 6.45) is 1.14. The van der Waals surface area contributed by atoms with Gasteiger partial charge in [0.05, 0.1) is 0 Å². The van der Waals surface area contributed by atoms with E-state index in [1.807, 2.05) is 13.8 Å². The third-order valence-electron chi connectivity index (χ3n) is 3.02. The lowest BCUT2D eigenvalue weighted by atomic mass is 9.92. The third kappa shape index (κ3) is 4.36. The molecular formula is C13H24N2O2. The molecule has 2 unspecified atom stereocenters. The Kier molecular flexibility index (Phi) is 4.97. The smallest absolute Gasteiger partial charge is 0.311 e. The fraction of sp³-hybridized carbons (Fsp3) is 0.846. The van der Waals surface area contributed by atoms with E-state index >= 15 is 0 Å². The van der Waals surface area contributed by atoms with Crippen molar-refractivity contribution in [3.8, 4) is 0 Å². The molecule has 2 amide bonds. The number of hydrogen-bond acceptors (Lipinski definition) is 2. The number of rotatable bonds is 2. The topological polar surface area (TPSA) is 49.4 Å². The molecule has 1 saturated heterocycles. The molecule has 1 fully saturated rings. The van der Waals surface area contributed by atoms with Crippen LogP contribution in [0.5, 0.6) is 0 Å². The van der Waals surface area contributed by atoms with Crippen LogP contribution in [0.25, 0.3) is 0 Å². The van der Waals surface area contributed by atoms with Crippen LogP contribution in [0.3, 0.4) is 0 Å². The number of nitrogens with one attached hydrogen (secondary N) is 1. The second-order valence-corrected chi connectivity index (χ2v) is 5.76. The lowest BCUT2D eigenvalue weighted by Gasteiger charge is -2.34. The van der Waals surface area contributed by atoms with Gasteiger partial charge in [0.2, 0.25) is 0 Å². The van der Waals surface area contributed by atoms with Gasteiger partial charge in [-0.3, -0.25) is 9.59 Å². The first-order chi connectivity index (χ1) is 7.90. The maximum Gasteiger partial charge on any atom is 0.311 e. The predicted octanol–water partition coefficient (Wildman–Crippen LogP) is 1.26. The molecule has 1 N–H and O–H groups in total. The number of carbonyl (C=O) groups is 2. The Balaban J connectivity index is 2.48. The second kappa shape index (κ2) is 6.03. The average molecular weight is 240 g/mol. The van der Waals surface area contributed by atoms with E-state index in [4.69, 9.17) is 0 Å². The molecule has 0 aromatic carbocycles. The predicted molar refractivity (Wildman–Crippen MR) is 67.4 cm³/mol. The van der Waals surface area contributed by atoms with Crippen LogP contribution in [0.2, 0.25) is 0 Å². The fourth-order valence-corrected chi connectivity index (χ4v) is 2.34. The normalized spacial score (nSPS) is 24.9. The van der Waals surface area contributed by atoms with Crippen molar-refractivity contribution in [2.24, 2.45) is 17.8 Å². The van der Waals surface area contributed by atoms with E-state index in [2.05, 4.69) is 19.2 Å². The highest BCUT2D eigenvalue weighted by molar-refractivity contribution is 6.35. The van der Waals surface area contributed by atoms with E-state index in [9.17, 15) is 9.59 Å². The minimum Gasteiger partial charge on any atom is -0.348 e. The maximum absolute atomic E-state index is 11.9. The summed E-state index contributed by atoms with van der Waals surface area (Å²) in [7, 11) is 0. The molecule has 17 heavy (non-hydrogen) atoms. The van der Waals surface area contributed by atoms with Gasteiger partial charge in [0.1, 0.15) is 0 Å². The van der Waals surface area contributed by atoms with Crippen LogP contribution in [-0.2, 0) is 9.59 Å². The zero-order valence-corrected chi connectivity index (χ0v) is 11.3. The number of likely N-dealkylation sites (tertiary alicyclic amines) is 1. The second-order valence-electron chi connectivity index (χ2n) is 5.76. The Morgan fingerprint density at radius 3 is 2.24 bits per heavy atom. The first kappa shape index (κ1) is 14.0. The van der Waals surface area contributed by atoms with Crippen LogP contribution in [-0.4, -0.2) is 36.3 Å². The number of amides is 2. The number of carbonyl (C=O) groups excluding carboxylic acids is 2. The van der Waals surface area contributed by atoms with Crippen molar-refractivity contribution in [3.05, 3.63) is 0 Å². The molecule has 0 aliphatic carbocycles. The van der Waals surface area contributed by atoms with Crippen LogP contribution < -0.4 is 5.32 Å². The van der Waals surface area contributed by atoms with E-state index in [1.54, 1.807) is 4.90 Å². The molecule has 0 aromatic heterocycles. The highest BCUT2D eigenvalue weighted by Gasteiger charge is 2.28. The van der Waals surface area contributed by atoms with Crippen LogP contribution >= 0.6 is 0 Å². The van der Waals surface area contributed by atoms with Gasteiger partial charge in [0.25, 0.3) is 0 Å². The highest BCUT2D eigenvalue weighted by atomic mass is 16.2. The molecule has 1 rings (SSSR count). The largest absolute Gasteiger partial charge is 0.348 e. The molecule has 1 aliphatic rings. The van der Waals surface area contributed by atoms with Crippen molar-refractivity contribution in [3.63, 3.8) is 0 Å². The van der Waals surface area contributed by atoms with Gasteiger partial charge in [-0.2, -0.15) is 0 Å². The molecule has 0 aromatic rings. The Bertz CT molecular complexity index is 279. The fourth-order valence-electron chi connectivity index (χ4n) is 2.34. The summed E-state index contributed by atoms with van der Waals surface area (Å²) in [5, 5.41) is 2.68. The monoisotopic (exact) mass is 240 g/mol. The first-order valence-electron chi connectivity index (χ1n) is 6.47. The molecule has 98 valence electrons. The van der Waals surface area contributed by atoms with Gasteiger partial charge in [-0.05, 0) is 24.2 Å². The molecular weight excluding hydrogens is 216 g/mol. The summed E-state index contributed by atoms with van der Waals surface area (Å²) in [5.41, 5.74) is 0. The number of piperidine rings is 1. The van der Waals surface area contributed by atoms with Crippen LogP contribution in [0, 0.1) is 17.8 Å². The summed E-state index contributed by atoms with van der Waals surface area (Å²) in [6.45, 7) is 10.2. The average Bonchev–Trinajstić information content (AvgIpc) is 2.23. The first-order valence-corrected chi connectivity index (χ1v) is 6.47. The molecule has 4 heteroatoms.